The van der Waals surface area contributed by atoms with Crippen LogP contribution in [0.15, 0.2) is 229 Å². The number of benzene rings is 9. The fourth-order valence-corrected chi connectivity index (χ4v) is 7.84. The Morgan fingerprint density at radius 1 is 0.268 bits per heavy atom. The van der Waals surface area contributed by atoms with E-state index in [0.717, 1.165) is 61.3 Å². The summed E-state index contributed by atoms with van der Waals surface area (Å²) in [6.07, 6.45) is 0. The quantitative estimate of drug-likeness (QED) is 0.156. The molecule has 10 rings (SSSR count). The van der Waals surface area contributed by atoms with Gasteiger partial charge in [-0.15, -0.1) is 0 Å². The molecule has 0 aliphatic rings. The molecule has 0 saturated heterocycles. The molecule has 1 aromatic heterocycles. The molecule has 0 spiro atoms. The predicted molar refractivity (Wildman–Crippen MR) is 236 cm³/mol. The first-order chi connectivity index (χ1) is 27.7. The van der Waals surface area contributed by atoms with Gasteiger partial charge < -0.3 is 9.32 Å². The molecule has 0 aliphatic heterocycles. The zero-order valence-corrected chi connectivity index (χ0v) is 30.7. The van der Waals surface area contributed by atoms with Gasteiger partial charge in [0.15, 0.2) is 0 Å². The van der Waals surface area contributed by atoms with Crippen LogP contribution in [0.3, 0.4) is 0 Å². The Labute approximate surface area is 327 Å². The molecule has 0 radical (unpaired) electrons. The van der Waals surface area contributed by atoms with Crippen molar-refractivity contribution in [1.29, 1.82) is 0 Å². The summed E-state index contributed by atoms with van der Waals surface area (Å²) in [6.45, 7) is 0. The maximum Gasteiger partial charge on any atom is 0.143 e. The van der Waals surface area contributed by atoms with Crippen LogP contribution < -0.4 is 4.90 Å². The third kappa shape index (κ3) is 6.34. The van der Waals surface area contributed by atoms with E-state index in [1.54, 1.807) is 0 Å². The van der Waals surface area contributed by atoms with Gasteiger partial charge in [-0.05, 0) is 105 Å². The third-order valence-electron chi connectivity index (χ3n) is 10.7. The molecule has 0 atom stereocenters. The van der Waals surface area contributed by atoms with Crippen molar-refractivity contribution in [1.82, 2.24) is 0 Å². The standard InChI is InChI=1S/C54H37NO/c1-3-12-38(13-4-1)40-24-30-47(31-25-40)55(48-32-26-41(27-33-48)44-17-9-16-43(36-44)39-14-5-2-6-15-39)49-34-28-42(29-35-49)45-18-10-19-46(37-45)50-21-11-22-52-51-20-7-8-23-53(51)56-54(50)52/h1-37H. The number of nitrogens with zero attached hydrogens (tertiary/aromatic N) is 1. The van der Waals surface area contributed by atoms with Gasteiger partial charge in [-0.3, -0.25) is 0 Å². The van der Waals surface area contributed by atoms with Crippen LogP contribution in [0.4, 0.5) is 17.1 Å². The Bertz CT molecular complexity index is 2930. The topological polar surface area (TPSA) is 16.4 Å². The first-order valence-electron chi connectivity index (χ1n) is 19.1. The van der Waals surface area contributed by atoms with E-state index in [9.17, 15) is 0 Å². The van der Waals surface area contributed by atoms with Crippen LogP contribution in [0.5, 0.6) is 0 Å². The lowest BCUT2D eigenvalue weighted by Gasteiger charge is -2.26. The average Bonchev–Trinajstić information content (AvgIpc) is 3.67. The number of anilines is 3. The Hall–Kier alpha value is -7.42. The normalized spacial score (nSPS) is 11.2. The van der Waals surface area contributed by atoms with Crippen molar-refractivity contribution >= 4 is 39.0 Å². The van der Waals surface area contributed by atoms with Gasteiger partial charge >= 0.3 is 0 Å². The Morgan fingerprint density at radius 2 is 0.643 bits per heavy atom. The monoisotopic (exact) mass is 715 g/mol. The molecule has 0 unspecified atom stereocenters. The van der Waals surface area contributed by atoms with Gasteiger partial charge in [0.1, 0.15) is 11.2 Å². The molecule has 0 aliphatic carbocycles. The van der Waals surface area contributed by atoms with E-state index >= 15 is 0 Å². The molecular weight excluding hydrogens is 679 g/mol. The molecule has 1 heterocycles. The van der Waals surface area contributed by atoms with Crippen LogP contribution in [-0.4, -0.2) is 0 Å². The number of para-hydroxylation sites is 2. The zero-order chi connectivity index (χ0) is 37.3. The van der Waals surface area contributed by atoms with Gasteiger partial charge in [-0.1, -0.05) is 170 Å². The summed E-state index contributed by atoms with van der Waals surface area (Å²) in [7, 11) is 0. The molecule has 9 aromatic carbocycles. The van der Waals surface area contributed by atoms with Crippen LogP contribution in [0.1, 0.15) is 0 Å². The summed E-state index contributed by atoms with van der Waals surface area (Å²) < 4.78 is 6.39. The smallest absolute Gasteiger partial charge is 0.143 e. The van der Waals surface area contributed by atoms with Crippen molar-refractivity contribution in [3.63, 3.8) is 0 Å². The number of hydrogen-bond acceptors (Lipinski definition) is 2. The number of furan rings is 1. The van der Waals surface area contributed by atoms with Crippen LogP contribution in [-0.2, 0) is 0 Å². The maximum atomic E-state index is 6.39. The van der Waals surface area contributed by atoms with E-state index in [1.807, 2.05) is 12.1 Å². The van der Waals surface area contributed by atoms with Crippen LogP contribution in [0.25, 0.3) is 77.6 Å². The zero-order valence-electron chi connectivity index (χ0n) is 30.7. The summed E-state index contributed by atoms with van der Waals surface area (Å²) in [6, 6.07) is 80.0. The Morgan fingerprint density at radius 3 is 1.20 bits per heavy atom. The van der Waals surface area contributed by atoms with E-state index in [-0.39, 0.29) is 0 Å². The highest BCUT2D eigenvalue weighted by Gasteiger charge is 2.16. The molecule has 2 nitrogen and oxygen atoms in total. The molecule has 2 heteroatoms. The first kappa shape index (κ1) is 33.2. The lowest BCUT2D eigenvalue weighted by Crippen LogP contribution is -2.09. The lowest BCUT2D eigenvalue weighted by molar-refractivity contribution is 0.670. The van der Waals surface area contributed by atoms with Gasteiger partial charge in [0.05, 0.1) is 0 Å². The van der Waals surface area contributed by atoms with E-state index in [2.05, 4.69) is 217 Å². The minimum absolute atomic E-state index is 0.910. The predicted octanol–water partition coefficient (Wildman–Crippen LogP) is 15.4. The summed E-state index contributed by atoms with van der Waals surface area (Å²) in [5, 5.41) is 2.28. The van der Waals surface area contributed by atoms with E-state index in [0.29, 0.717) is 0 Å². The second kappa shape index (κ2) is 14.4. The molecule has 0 fully saturated rings. The molecule has 0 bridgehead atoms. The summed E-state index contributed by atoms with van der Waals surface area (Å²) in [4.78, 5) is 2.33. The second-order valence-electron chi connectivity index (χ2n) is 14.2. The SMILES string of the molecule is c1ccc(-c2ccc(N(c3ccc(-c4cccc(-c5ccccc5)c4)cc3)c3ccc(-c4cccc(-c5cccc6c5oc5ccccc56)c4)cc3)cc2)cc1. The largest absolute Gasteiger partial charge is 0.455 e. The van der Waals surface area contributed by atoms with E-state index in [4.69, 9.17) is 4.42 Å². The van der Waals surface area contributed by atoms with Crippen LogP contribution in [0.2, 0.25) is 0 Å². The molecule has 56 heavy (non-hydrogen) atoms. The van der Waals surface area contributed by atoms with Crippen LogP contribution in [0, 0.1) is 0 Å². The van der Waals surface area contributed by atoms with E-state index < -0.39 is 0 Å². The highest BCUT2D eigenvalue weighted by Crippen LogP contribution is 2.40. The van der Waals surface area contributed by atoms with E-state index in [1.165, 1.54) is 33.4 Å². The van der Waals surface area contributed by atoms with Crippen molar-refractivity contribution in [3.8, 4) is 55.6 Å². The van der Waals surface area contributed by atoms with Crippen LogP contribution >= 0.6 is 0 Å². The maximum absolute atomic E-state index is 6.39. The highest BCUT2D eigenvalue weighted by atomic mass is 16.3. The summed E-state index contributed by atoms with van der Waals surface area (Å²) >= 11 is 0. The van der Waals surface area contributed by atoms with Gasteiger partial charge in [-0.25, -0.2) is 0 Å². The number of rotatable bonds is 8. The molecule has 10 aromatic rings. The molecular formula is C54H37NO. The molecule has 264 valence electrons. The average molecular weight is 716 g/mol. The minimum atomic E-state index is 0.910. The van der Waals surface area contributed by atoms with Gasteiger partial charge in [0, 0.05) is 33.4 Å². The van der Waals surface area contributed by atoms with Crippen molar-refractivity contribution in [3.05, 3.63) is 224 Å². The first-order valence-corrected chi connectivity index (χ1v) is 19.1. The van der Waals surface area contributed by atoms with Crippen molar-refractivity contribution < 1.29 is 4.42 Å². The molecule has 0 N–H and O–H groups in total. The highest BCUT2D eigenvalue weighted by molar-refractivity contribution is 6.09. The molecule has 0 saturated carbocycles. The molecule has 0 amide bonds. The van der Waals surface area contributed by atoms with Gasteiger partial charge in [-0.2, -0.15) is 0 Å². The fourth-order valence-electron chi connectivity index (χ4n) is 7.84. The summed E-state index contributed by atoms with van der Waals surface area (Å²) in [5.74, 6) is 0. The fraction of sp³-hybridized carbons (Fsp3) is 0. The van der Waals surface area contributed by atoms with Gasteiger partial charge in [0.25, 0.3) is 0 Å². The van der Waals surface area contributed by atoms with Crippen molar-refractivity contribution in [2.45, 2.75) is 0 Å². The second-order valence-corrected chi connectivity index (χ2v) is 14.2. The Kier molecular flexibility index (Phi) is 8.55. The third-order valence-corrected chi connectivity index (χ3v) is 10.7. The minimum Gasteiger partial charge on any atom is -0.455 e. The van der Waals surface area contributed by atoms with Crippen molar-refractivity contribution in [2.75, 3.05) is 4.90 Å². The van der Waals surface area contributed by atoms with Crippen molar-refractivity contribution in [2.24, 2.45) is 0 Å². The lowest BCUT2D eigenvalue weighted by atomic mass is 9.97. The summed E-state index contributed by atoms with van der Waals surface area (Å²) in [5.41, 5.74) is 16.8. The Balaban J connectivity index is 0.996. The van der Waals surface area contributed by atoms with Gasteiger partial charge in [0.2, 0.25) is 0 Å². The number of hydrogen-bond donors (Lipinski definition) is 0. The number of fused-ring (bicyclic) bond motifs is 3.